The van der Waals surface area contributed by atoms with Crippen LogP contribution >= 0.6 is 11.3 Å². The Labute approximate surface area is 183 Å². The Kier molecular flexibility index (Phi) is 5.09. The summed E-state index contributed by atoms with van der Waals surface area (Å²) in [4.78, 5) is 18.1. The van der Waals surface area contributed by atoms with Crippen LogP contribution in [-0.2, 0) is 4.79 Å². The fraction of sp³-hybridized carbons (Fsp3) is 0.125. The Morgan fingerprint density at radius 2 is 1.87 bits per heavy atom. The maximum atomic E-state index is 13.4. The minimum atomic E-state index is -0.823. The van der Waals surface area contributed by atoms with Gasteiger partial charge in [-0.3, -0.25) is 4.79 Å². The summed E-state index contributed by atoms with van der Waals surface area (Å²) in [7, 11) is 0. The van der Waals surface area contributed by atoms with E-state index in [1.165, 1.54) is 16.3 Å². The molecular formula is C24H19N3O3S. The maximum absolute atomic E-state index is 13.4. The van der Waals surface area contributed by atoms with Gasteiger partial charge in [0.15, 0.2) is 11.5 Å². The van der Waals surface area contributed by atoms with Gasteiger partial charge in [0, 0.05) is 0 Å². The lowest BCUT2D eigenvalue weighted by atomic mass is 10.2. The Morgan fingerprint density at radius 3 is 2.71 bits per heavy atom. The number of amides is 1. The van der Waals surface area contributed by atoms with Gasteiger partial charge < -0.3 is 9.47 Å². The molecule has 0 saturated heterocycles. The number of benzene rings is 3. The highest BCUT2D eigenvalue weighted by atomic mass is 32.1. The lowest BCUT2D eigenvalue weighted by Gasteiger charge is -2.27. The van der Waals surface area contributed by atoms with Crippen LogP contribution in [0, 0.1) is 6.92 Å². The number of hydrogen-bond donors (Lipinski definition) is 0. The van der Waals surface area contributed by atoms with Crippen molar-refractivity contribution >= 4 is 38.8 Å². The topological polar surface area (TPSA) is 64.0 Å². The number of rotatable bonds is 4. The first-order valence-electron chi connectivity index (χ1n) is 9.86. The molecule has 1 unspecified atom stereocenters. The molecule has 1 atom stereocenters. The van der Waals surface area contributed by atoms with Crippen molar-refractivity contribution < 1.29 is 14.3 Å². The second-order valence-electron chi connectivity index (χ2n) is 7.14. The zero-order chi connectivity index (χ0) is 21.2. The number of aryl methyl sites for hydroxylation is 1. The molecule has 1 aromatic heterocycles. The van der Waals surface area contributed by atoms with Crippen LogP contribution in [0.2, 0.25) is 0 Å². The zero-order valence-electron chi connectivity index (χ0n) is 16.8. The Hall–Kier alpha value is -3.71. The first-order valence-corrected chi connectivity index (χ1v) is 10.7. The van der Waals surface area contributed by atoms with Gasteiger partial charge in [-0.2, -0.15) is 10.1 Å². The monoisotopic (exact) mass is 429 g/mol. The van der Waals surface area contributed by atoms with Crippen LogP contribution in [0.4, 0.5) is 5.13 Å². The fourth-order valence-corrected chi connectivity index (χ4v) is 4.28. The van der Waals surface area contributed by atoms with E-state index in [9.17, 15) is 4.79 Å². The van der Waals surface area contributed by atoms with Crippen molar-refractivity contribution in [2.75, 3.05) is 11.6 Å². The van der Waals surface area contributed by atoms with Crippen LogP contribution in [0.3, 0.4) is 0 Å². The van der Waals surface area contributed by atoms with Gasteiger partial charge in [0.25, 0.3) is 5.91 Å². The van der Waals surface area contributed by atoms with Crippen LogP contribution in [0.1, 0.15) is 11.1 Å². The number of para-hydroxylation sites is 2. The highest BCUT2D eigenvalue weighted by Crippen LogP contribution is 2.34. The van der Waals surface area contributed by atoms with E-state index in [2.05, 4.69) is 16.2 Å². The molecule has 0 aliphatic carbocycles. The van der Waals surface area contributed by atoms with Crippen molar-refractivity contribution in [3.05, 3.63) is 83.9 Å². The molecule has 5 rings (SSSR count). The first kappa shape index (κ1) is 19.3. The molecular weight excluding hydrogens is 410 g/mol. The van der Waals surface area contributed by atoms with Crippen LogP contribution < -0.4 is 14.5 Å². The molecule has 6 nitrogen and oxygen atoms in total. The Balaban J connectivity index is 1.50. The zero-order valence-corrected chi connectivity index (χ0v) is 17.6. The molecule has 0 saturated carbocycles. The average molecular weight is 430 g/mol. The molecule has 0 N–H and O–H groups in total. The van der Waals surface area contributed by atoms with E-state index < -0.39 is 6.10 Å². The quantitative estimate of drug-likeness (QED) is 0.345. The van der Waals surface area contributed by atoms with Crippen molar-refractivity contribution in [3.63, 3.8) is 0 Å². The number of thiazole rings is 1. The number of ether oxygens (including phenoxy) is 2. The van der Waals surface area contributed by atoms with Crippen molar-refractivity contribution in [3.8, 4) is 11.5 Å². The molecule has 3 aromatic carbocycles. The van der Waals surface area contributed by atoms with Crippen molar-refractivity contribution in [1.82, 2.24) is 4.98 Å². The largest absolute Gasteiger partial charge is 0.485 e. The molecule has 1 aliphatic heterocycles. The van der Waals surface area contributed by atoms with Crippen molar-refractivity contribution in [2.45, 2.75) is 13.0 Å². The summed E-state index contributed by atoms with van der Waals surface area (Å²) in [5.74, 6) is 0.831. The first-order chi connectivity index (χ1) is 15.2. The summed E-state index contributed by atoms with van der Waals surface area (Å²) in [5, 5.41) is 6.28. The van der Waals surface area contributed by atoms with Crippen LogP contribution in [0.25, 0.3) is 10.2 Å². The lowest BCUT2D eigenvalue weighted by molar-refractivity contribution is -0.127. The van der Waals surface area contributed by atoms with E-state index in [0.29, 0.717) is 16.6 Å². The average Bonchev–Trinajstić information content (AvgIpc) is 3.22. The molecule has 2 heterocycles. The molecule has 0 bridgehead atoms. The molecule has 7 heteroatoms. The molecule has 1 aliphatic rings. The predicted molar refractivity (Wildman–Crippen MR) is 122 cm³/mol. The minimum Gasteiger partial charge on any atom is -0.485 e. The van der Waals surface area contributed by atoms with Gasteiger partial charge in [-0.15, -0.1) is 0 Å². The summed E-state index contributed by atoms with van der Waals surface area (Å²) in [6, 6.07) is 22.9. The van der Waals surface area contributed by atoms with Gasteiger partial charge in [-0.1, -0.05) is 59.9 Å². The highest BCUT2D eigenvalue weighted by Gasteiger charge is 2.33. The summed E-state index contributed by atoms with van der Waals surface area (Å²) in [5.41, 5.74) is 2.84. The number of carbonyl (C=O) groups excluding carboxylic acids is 1. The number of hydrogen-bond acceptors (Lipinski definition) is 6. The molecule has 0 fully saturated rings. The van der Waals surface area contributed by atoms with E-state index in [-0.39, 0.29) is 12.5 Å². The third kappa shape index (κ3) is 4.00. The van der Waals surface area contributed by atoms with Gasteiger partial charge in [-0.05, 0) is 42.3 Å². The third-order valence-corrected chi connectivity index (χ3v) is 5.82. The van der Waals surface area contributed by atoms with Crippen LogP contribution in [0.15, 0.2) is 77.9 Å². The summed E-state index contributed by atoms with van der Waals surface area (Å²) in [6.45, 7) is 2.14. The fourth-order valence-electron chi connectivity index (χ4n) is 3.25. The van der Waals surface area contributed by atoms with Gasteiger partial charge in [0.1, 0.15) is 6.61 Å². The molecule has 4 aromatic rings. The summed E-state index contributed by atoms with van der Waals surface area (Å²) in [6.07, 6.45) is 0.823. The minimum absolute atomic E-state index is 0.108. The van der Waals surface area contributed by atoms with E-state index >= 15 is 0 Å². The highest BCUT2D eigenvalue weighted by molar-refractivity contribution is 7.22. The second-order valence-corrected chi connectivity index (χ2v) is 8.15. The maximum Gasteiger partial charge on any atom is 0.294 e. The molecule has 0 spiro atoms. The molecule has 1 amide bonds. The van der Waals surface area contributed by atoms with Crippen molar-refractivity contribution in [1.29, 1.82) is 0 Å². The van der Waals surface area contributed by atoms with Crippen LogP contribution in [-0.4, -0.2) is 29.8 Å². The standard InChI is InChI=1S/C24H19N3O3S/c1-16-11-12-18-22(13-16)31-24(26-18)27(25-14-17-7-3-2-4-8-17)23(28)21-15-29-19-9-5-6-10-20(19)30-21/h2-14,21H,15H2,1H3/b25-14+. The number of anilines is 1. The third-order valence-electron chi connectivity index (χ3n) is 4.83. The number of carbonyl (C=O) groups is 1. The second kappa shape index (κ2) is 8.20. The molecule has 31 heavy (non-hydrogen) atoms. The Bertz CT molecular complexity index is 1270. The van der Waals surface area contributed by atoms with Crippen LogP contribution in [0.5, 0.6) is 11.5 Å². The van der Waals surface area contributed by atoms with E-state index in [1.807, 2.05) is 67.6 Å². The van der Waals surface area contributed by atoms with E-state index in [4.69, 9.17) is 9.47 Å². The molecule has 0 radical (unpaired) electrons. The summed E-state index contributed by atoms with van der Waals surface area (Å²) < 4.78 is 12.7. The predicted octanol–water partition coefficient (Wildman–Crippen LogP) is 4.81. The van der Waals surface area contributed by atoms with Crippen molar-refractivity contribution in [2.24, 2.45) is 5.10 Å². The number of fused-ring (bicyclic) bond motifs is 2. The van der Waals surface area contributed by atoms with Gasteiger partial charge in [0.2, 0.25) is 11.2 Å². The Morgan fingerprint density at radius 1 is 1.10 bits per heavy atom. The lowest BCUT2D eigenvalue weighted by Crippen LogP contribution is -2.44. The number of aromatic nitrogens is 1. The van der Waals surface area contributed by atoms with Gasteiger partial charge in [-0.25, -0.2) is 4.98 Å². The number of hydrazone groups is 1. The van der Waals surface area contributed by atoms with E-state index in [1.54, 1.807) is 12.3 Å². The molecule has 154 valence electrons. The van der Waals surface area contributed by atoms with Gasteiger partial charge in [0.05, 0.1) is 16.4 Å². The smallest absolute Gasteiger partial charge is 0.294 e. The SMILES string of the molecule is Cc1ccc2nc(N(/N=C/c3ccccc3)C(=O)C3COc4ccccc4O3)sc2c1. The number of nitrogens with zero attached hydrogens (tertiary/aromatic N) is 3. The van der Waals surface area contributed by atoms with E-state index in [0.717, 1.165) is 21.3 Å². The summed E-state index contributed by atoms with van der Waals surface area (Å²) >= 11 is 1.42. The normalized spacial score (nSPS) is 15.3. The van der Waals surface area contributed by atoms with Gasteiger partial charge >= 0.3 is 0 Å².